The molecular formula is C21H19N5O4. The number of aryl methyl sites for hydroxylation is 1. The van der Waals surface area contributed by atoms with E-state index in [1.165, 1.54) is 12.3 Å². The summed E-state index contributed by atoms with van der Waals surface area (Å²) in [6.07, 6.45) is 2.86. The lowest BCUT2D eigenvalue weighted by atomic mass is 10.1. The Hall–Kier alpha value is -4.06. The minimum absolute atomic E-state index is 0.120. The van der Waals surface area contributed by atoms with E-state index < -0.39 is 23.8 Å². The van der Waals surface area contributed by atoms with E-state index >= 15 is 0 Å². The first-order valence-corrected chi connectivity index (χ1v) is 9.28. The number of carbonyl (C=O) groups excluding carboxylic acids is 4. The number of rotatable bonds is 5. The van der Waals surface area contributed by atoms with Crippen molar-refractivity contribution in [3.63, 3.8) is 0 Å². The summed E-state index contributed by atoms with van der Waals surface area (Å²) < 4.78 is 0. The van der Waals surface area contributed by atoms with Gasteiger partial charge in [0.1, 0.15) is 23.1 Å². The Morgan fingerprint density at radius 3 is 2.83 bits per heavy atom. The molecule has 1 aliphatic heterocycles. The number of hydrogen-bond acceptors (Lipinski definition) is 6. The van der Waals surface area contributed by atoms with Gasteiger partial charge < -0.3 is 11.1 Å². The Morgan fingerprint density at radius 2 is 2.07 bits per heavy atom. The maximum absolute atomic E-state index is 12.4. The molecule has 4 N–H and O–H groups in total. The Kier molecular flexibility index (Phi) is 6.49. The maximum atomic E-state index is 12.4. The molecule has 1 fully saturated rings. The number of hydrogen-bond donors (Lipinski definition) is 3. The van der Waals surface area contributed by atoms with Crippen LogP contribution in [0, 0.1) is 11.8 Å². The highest BCUT2D eigenvalue weighted by atomic mass is 16.2. The Balaban J connectivity index is 1.61. The molecule has 4 amide bonds. The zero-order valence-electron chi connectivity index (χ0n) is 16.0. The smallest absolute Gasteiger partial charge is 0.270 e. The van der Waals surface area contributed by atoms with Gasteiger partial charge in [0, 0.05) is 19.0 Å². The number of nitrogens with one attached hydrogen (secondary N) is 2. The van der Waals surface area contributed by atoms with Gasteiger partial charge in [-0.25, -0.2) is 4.98 Å². The molecule has 3 rings (SSSR count). The molecule has 0 saturated carbocycles. The average molecular weight is 405 g/mol. The van der Waals surface area contributed by atoms with Crippen LogP contribution in [0.15, 0.2) is 36.5 Å². The van der Waals surface area contributed by atoms with E-state index in [1.807, 2.05) is 0 Å². The van der Waals surface area contributed by atoms with Crippen LogP contribution < -0.4 is 16.4 Å². The number of nitrogens with zero attached hydrogens (tertiary/aromatic N) is 2. The molecule has 9 nitrogen and oxygen atoms in total. The zero-order valence-corrected chi connectivity index (χ0v) is 16.0. The molecular weight excluding hydrogens is 386 g/mol. The summed E-state index contributed by atoms with van der Waals surface area (Å²) in [7, 11) is 0. The lowest BCUT2D eigenvalue weighted by molar-refractivity contribution is -0.134. The van der Waals surface area contributed by atoms with Crippen molar-refractivity contribution in [2.45, 2.75) is 31.7 Å². The monoisotopic (exact) mass is 405 g/mol. The van der Waals surface area contributed by atoms with Gasteiger partial charge in [-0.1, -0.05) is 18.1 Å². The van der Waals surface area contributed by atoms with Crippen molar-refractivity contribution in [2.24, 2.45) is 5.73 Å². The van der Waals surface area contributed by atoms with Gasteiger partial charge in [-0.3, -0.25) is 29.5 Å². The molecule has 0 aliphatic carbocycles. The summed E-state index contributed by atoms with van der Waals surface area (Å²) in [5.74, 6) is 3.84. The fourth-order valence-corrected chi connectivity index (χ4v) is 2.91. The molecule has 3 heterocycles. The number of nitrogens with two attached hydrogens (primary N) is 1. The topological polar surface area (TPSA) is 144 Å². The predicted molar refractivity (Wildman–Crippen MR) is 106 cm³/mol. The lowest BCUT2D eigenvalue weighted by Gasteiger charge is -2.21. The molecule has 2 aromatic rings. The second-order valence-corrected chi connectivity index (χ2v) is 6.56. The predicted octanol–water partition coefficient (Wildman–Crippen LogP) is 0.0948. The molecule has 0 bridgehead atoms. The van der Waals surface area contributed by atoms with E-state index in [1.54, 1.807) is 24.3 Å². The van der Waals surface area contributed by atoms with Gasteiger partial charge in [-0.2, -0.15) is 0 Å². The minimum Gasteiger partial charge on any atom is -0.364 e. The molecule has 1 saturated heterocycles. The molecule has 1 atom stereocenters. The van der Waals surface area contributed by atoms with Gasteiger partial charge in [-0.05, 0) is 42.5 Å². The maximum Gasteiger partial charge on any atom is 0.270 e. The van der Waals surface area contributed by atoms with Gasteiger partial charge in [0.25, 0.3) is 11.8 Å². The number of amides is 4. The van der Waals surface area contributed by atoms with Crippen LogP contribution in [-0.2, 0) is 16.0 Å². The van der Waals surface area contributed by atoms with Crippen molar-refractivity contribution < 1.29 is 19.2 Å². The van der Waals surface area contributed by atoms with Crippen LogP contribution in [0.1, 0.15) is 51.5 Å². The van der Waals surface area contributed by atoms with Crippen molar-refractivity contribution in [2.75, 3.05) is 0 Å². The van der Waals surface area contributed by atoms with Gasteiger partial charge >= 0.3 is 0 Å². The van der Waals surface area contributed by atoms with E-state index in [-0.39, 0.29) is 30.1 Å². The minimum atomic E-state index is -0.773. The van der Waals surface area contributed by atoms with E-state index in [0.717, 1.165) is 0 Å². The van der Waals surface area contributed by atoms with Crippen LogP contribution in [0.2, 0.25) is 0 Å². The fraction of sp³-hybridized carbons (Fsp3) is 0.238. The molecule has 1 aliphatic rings. The van der Waals surface area contributed by atoms with Crippen molar-refractivity contribution in [3.05, 3.63) is 59.2 Å². The number of aromatic nitrogens is 2. The molecule has 9 heteroatoms. The lowest BCUT2D eigenvalue weighted by Crippen LogP contribution is -2.52. The third-order valence-electron chi connectivity index (χ3n) is 4.39. The molecule has 0 spiro atoms. The van der Waals surface area contributed by atoms with Gasteiger partial charge in [0.15, 0.2) is 0 Å². The van der Waals surface area contributed by atoms with Crippen LogP contribution >= 0.6 is 0 Å². The van der Waals surface area contributed by atoms with Crippen molar-refractivity contribution in [1.29, 1.82) is 0 Å². The first kappa shape index (κ1) is 20.7. The van der Waals surface area contributed by atoms with Crippen LogP contribution in [0.3, 0.4) is 0 Å². The second-order valence-electron chi connectivity index (χ2n) is 6.56. The number of carbonyl (C=O) groups is 4. The highest BCUT2D eigenvalue weighted by Gasteiger charge is 2.28. The Labute approximate surface area is 172 Å². The van der Waals surface area contributed by atoms with Crippen molar-refractivity contribution >= 4 is 23.6 Å². The SMILES string of the molecule is NC(=O)c1ncccc1CCC#Cc1cccc(C(=O)NC2CCC(=O)NC2=O)n1. The van der Waals surface area contributed by atoms with Gasteiger partial charge in [0.05, 0.1) is 0 Å². The third kappa shape index (κ3) is 5.26. The summed E-state index contributed by atoms with van der Waals surface area (Å²) in [4.78, 5) is 54.9. The van der Waals surface area contributed by atoms with E-state index in [4.69, 9.17) is 5.73 Å². The number of piperidine rings is 1. The highest BCUT2D eigenvalue weighted by Crippen LogP contribution is 2.08. The molecule has 0 radical (unpaired) electrons. The summed E-state index contributed by atoms with van der Waals surface area (Å²) in [6, 6.07) is 7.54. The summed E-state index contributed by atoms with van der Waals surface area (Å²) >= 11 is 0. The van der Waals surface area contributed by atoms with Crippen LogP contribution in [-0.4, -0.2) is 39.6 Å². The van der Waals surface area contributed by atoms with E-state index in [0.29, 0.717) is 24.1 Å². The first-order chi connectivity index (χ1) is 14.4. The van der Waals surface area contributed by atoms with Gasteiger partial charge in [-0.15, -0.1) is 0 Å². The molecule has 2 aromatic heterocycles. The van der Waals surface area contributed by atoms with Crippen molar-refractivity contribution in [1.82, 2.24) is 20.6 Å². The summed E-state index contributed by atoms with van der Waals surface area (Å²) in [6.45, 7) is 0. The third-order valence-corrected chi connectivity index (χ3v) is 4.39. The number of primary amides is 1. The van der Waals surface area contributed by atoms with Gasteiger partial charge in [0.2, 0.25) is 11.8 Å². The highest BCUT2D eigenvalue weighted by molar-refractivity contribution is 6.03. The normalized spacial score (nSPS) is 15.5. The molecule has 1 unspecified atom stereocenters. The van der Waals surface area contributed by atoms with Crippen LogP contribution in [0.25, 0.3) is 0 Å². The first-order valence-electron chi connectivity index (χ1n) is 9.28. The Bertz CT molecular complexity index is 1070. The van der Waals surface area contributed by atoms with Crippen molar-refractivity contribution in [3.8, 4) is 11.8 Å². The summed E-state index contributed by atoms with van der Waals surface area (Å²) in [5.41, 5.74) is 6.77. The summed E-state index contributed by atoms with van der Waals surface area (Å²) in [5, 5.41) is 4.76. The fourth-order valence-electron chi connectivity index (χ4n) is 2.91. The number of imide groups is 1. The number of pyridine rings is 2. The zero-order chi connectivity index (χ0) is 21.5. The molecule has 0 aromatic carbocycles. The van der Waals surface area contributed by atoms with Crippen LogP contribution in [0.4, 0.5) is 0 Å². The second kappa shape index (κ2) is 9.43. The molecule has 152 valence electrons. The average Bonchev–Trinajstić information content (AvgIpc) is 2.73. The largest absolute Gasteiger partial charge is 0.364 e. The Morgan fingerprint density at radius 1 is 1.23 bits per heavy atom. The standard InChI is InChI=1S/C21H19N5O4/c22-19(28)18-13(6-4-12-23-18)5-1-2-7-14-8-3-9-15(24-14)20(29)25-16-10-11-17(27)26-21(16)30/h3-4,6,8-9,12,16H,1,5,10-11H2,(H2,22,28)(H,25,29)(H,26,27,30). The quantitative estimate of drug-likeness (QED) is 0.475. The van der Waals surface area contributed by atoms with E-state index in [2.05, 4.69) is 32.4 Å². The van der Waals surface area contributed by atoms with Crippen LogP contribution in [0.5, 0.6) is 0 Å². The van der Waals surface area contributed by atoms with E-state index in [9.17, 15) is 19.2 Å². The molecule has 30 heavy (non-hydrogen) atoms.